The Morgan fingerprint density at radius 2 is 2.27 bits per heavy atom. The molecule has 2 fully saturated rings. The van der Waals surface area contributed by atoms with Gasteiger partial charge in [-0.2, -0.15) is 0 Å². The number of likely N-dealkylation sites (tertiary alicyclic amines) is 1. The number of hydrogen-bond acceptors (Lipinski definition) is 5. The van der Waals surface area contributed by atoms with Crippen LogP contribution in [0.4, 0.5) is 0 Å². The van der Waals surface area contributed by atoms with Crippen molar-refractivity contribution in [3.63, 3.8) is 0 Å². The third kappa shape index (κ3) is 3.47. The van der Waals surface area contributed by atoms with Gasteiger partial charge in [-0.15, -0.1) is 5.10 Å². The maximum Gasteiger partial charge on any atom is 0.273 e. The van der Waals surface area contributed by atoms with Crippen molar-refractivity contribution in [2.75, 3.05) is 26.8 Å². The molecule has 22 heavy (non-hydrogen) atoms. The molecule has 1 aliphatic carbocycles. The van der Waals surface area contributed by atoms with Gasteiger partial charge in [0.2, 0.25) is 0 Å². The normalized spacial score (nSPS) is 22.7. The lowest BCUT2D eigenvalue weighted by atomic mass is 9.91. The highest BCUT2D eigenvalue weighted by Crippen LogP contribution is 2.31. The van der Waals surface area contributed by atoms with E-state index in [4.69, 9.17) is 4.74 Å². The number of amides is 1. The SMILES string of the molecule is COCCNC(=O)c1cn(C[C@@H]2CCCN2C2CCC2)nn1. The Labute approximate surface area is 131 Å². The fraction of sp³-hybridized carbons (Fsp3) is 0.800. The van der Waals surface area contributed by atoms with E-state index in [1.807, 2.05) is 4.68 Å². The predicted molar refractivity (Wildman–Crippen MR) is 81.6 cm³/mol. The summed E-state index contributed by atoms with van der Waals surface area (Å²) in [5, 5.41) is 10.9. The molecule has 0 bridgehead atoms. The Kier molecular flexibility index (Phi) is 5.04. The molecule has 0 unspecified atom stereocenters. The smallest absolute Gasteiger partial charge is 0.273 e. The zero-order valence-electron chi connectivity index (χ0n) is 13.2. The molecule has 122 valence electrons. The Hall–Kier alpha value is -1.47. The highest BCUT2D eigenvalue weighted by atomic mass is 16.5. The quantitative estimate of drug-likeness (QED) is 0.750. The van der Waals surface area contributed by atoms with Crippen LogP contribution in [-0.2, 0) is 11.3 Å². The number of hydrogen-bond donors (Lipinski definition) is 1. The van der Waals surface area contributed by atoms with Gasteiger partial charge in [-0.05, 0) is 32.2 Å². The molecule has 3 rings (SSSR count). The van der Waals surface area contributed by atoms with E-state index in [0.717, 1.165) is 12.6 Å². The van der Waals surface area contributed by atoms with Gasteiger partial charge in [-0.25, -0.2) is 0 Å². The van der Waals surface area contributed by atoms with Gasteiger partial charge >= 0.3 is 0 Å². The van der Waals surface area contributed by atoms with Crippen LogP contribution in [0.3, 0.4) is 0 Å². The molecule has 1 aromatic rings. The fourth-order valence-electron chi connectivity index (χ4n) is 3.32. The molecule has 0 spiro atoms. The van der Waals surface area contributed by atoms with E-state index in [9.17, 15) is 4.79 Å². The maximum atomic E-state index is 11.9. The number of methoxy groups -OCH3 is 1. The molecule has 7 nitrogen and oxygen atoms in total. The van der Waals surface area contributed by atoms with Crippen LogP contribution in [0.15, 0.2) is 6.20 Å². The average molecular weight is 307 g/mol. The summed E-state index contributed by atoms with van der Waals surface area (Å²) in [6.45, 7) is 3.02. The van der Waals surface area contributed by atoms with E-state index in [-0.39, 0.29) is 5.91 Å². The zero-order chi connectivity index (χ0) is 15.4. The molecule has 0 aromatic carbocycles. The standard InChI is InChI=1S/C15H25N5O2/c1-22-9-7-16-15(21)14-11-19(18-17-14)10-13-6-3-8-20(13)12-4-2-5-12/h11-13H,2-10H2,1H3,(H,16,21)/t13-/m0/s1. The van der Waals surface area contributed by atoms with Gasteiger partial charge in [0.1, 0.15) is 0 Å². The summed E-state index contributed by atoms with van der Waals surface area (Å²) in [5.74, 6) is -0.189. The Morgan fingerprint density at radius 1 is 1.41 bits per heavy atom. The van der Waals surface area contributed by atoms with Crippen LogP contribution in [0.25, 0.3) is 0 Å². The first-order chi connectivity index (χ1) is 10.8. The van der Waals surface area contributed by atoms with Crippen molar-refractivity contribution >= 4 is 5.91 Å². The van der Waals surface area contributed by atoms with Gasteiger partial charge in [0, 0.05) is 25.7 Å². The van der Waals surface area contributed by atoms with Crippen molar-refractivity contribution in [1.82, 2.24) is 25.2 Å². The number of carbonyl (C=O) groups is 1. The molecule has 1 aliphatic heterocycles. The van der Waals surface area contributed by atoms with Crippen molar-refractivity contribution in [3.05, 3.63) is 11.9 Å². The first-order valence-electron chi connectivity index (χ1n) is 8.21. The van der Waals surface area contributed by atoms with Crippen LogP contribution in [0.2, 0.25) is 0 Å². The summed E-state index contributed by atoms with van der Waals surface area (Å²) in [5.41, 5.74) is 0.379. The van der Waals surface area contributed by atoms with Crippen LogP contribution in [-0.4, -0.2) is 64.7 Å². The molecular weight excluding hydrogens is 282 g/mol. The summed E-state index contributed by atoms with van der Waals surface area (Å²) >= 11 is 0. The number of nitrogens with one attached hydrogen (secondary N) is 1. The van der Waals surface area contributed by atoms with E-state index in [1.54, 1.807) is 13.3 Å². The largest absolute Gasteiger partial charge is 0.383 e. The molecule has 1 atom stereocenters. The number of rotatable bonds is 7. The van der Waals surface area contributed by atoms with Crippen LogP contribution in [0, 0.1) is 0 Å². The second kappa shape index (κ2) is 7.19. The minimum atomic E-state index is -0.189. The molecule has 2 heterocycles. The molecule has 0 radical (unpaired) electrons. The van der Waals surface area contributed by atoms with Crippen molar-refractivity contribution in [3.8, 4) is 0 Å². The van der Waals surface area contributed by atoms with Gasteiger partial charge in [-0.3, -0.25) is 14.4 Å². The monoisotopic (exact) mass is 307 g/mol. The van der Waals surface area contributed by atoms with Crippen molar-refractivity contribution in [1.29, 1.82) is 0 Å². The third-order valence-corrected chi connectivity index (χ3v) is 4.73. The van der Waals surface area contributed by atoms with Crippen LogP contribution < -0.4 is 5.32 Å². The topological polar surface area (TPSA) is 72.3 Å². The molecule has 1 N–H and O–H groups in total. The number of carbonyl (C=O) groups excluding carboxylic acids is 1. The molecule has 1 aromatic heterocycles. The van der Waals surface area contributed by atoms with Crippen LogP contribution >= 0.6 is 0 Å². The Balaban J connectivity index is 1.53. The minimum absolute atomic E-state index is 0.189. The summed E-state index contributed by atoms with van der Waals surface area (Å²) < 4.78 is 6.72. The van der Waals surface area contributed by atoms with Crippen LogP contribution in [0.5, 0.6) is 0 Å². The minimum Gasteiger partial charge on any atom is -0.383 e. The van der Waals surface area contributed by atoms with Crippen molar-refractivity contribution in [2.45, 2.75) is 50.7 Å². The van der Waals surface area contributed by atoms with E-state index in [0.29, 0.717) is 24.9 Å². The Bertz CT molecular complexity index is 500. The summed E-state index contributed by atoms with van der Waals surface area (Å²) in [4.78, 5) is 14.5. The summed E-state index contributed by atoms with van der Waals surface area (Å²) in [6.07, 6.45) is 8.26. The Morgan fingerprint density at radius 3 is 3.00 bits per heavy atom. The first-order valence-corrected chi connectivity index (χ1v) is 8.21. The number of ether oxygens (including phenoxy) is 1. The lowest BCUT2D eigenvalue weighted by molar-refractivity contribution is 0.0931. The second-order valence-corrected chi connectivity index (χ2v) is 6.19. The molecule has 2 aliphatic rings. The first kappa shape index (κ1) is 15.4. The summed E-state index contributed by atoms with van der Waals surface area (Å²) in [7, 11) is 1.61. The summed E-state index contributed by atoms with van der Waals surface area (Å²) in [6, 6.07) is 1.31. The van der Waals surface area contributed by atoms with Crippen molar-refractivity contribution in [2.24, 2.45) is 0 Å². The van der Waals surface area contributed by atoms with Gasteiger partial charge in [0.25, 0.3) is 5.91 Å². The van der Waals surface area contributed by atoms with Gasteiger partial charge in [0.15, 0.2) is 5.69 Å². The molecule has 1 saturated heterocycles. The lowest BCUT2D eigenvalue weighted by Gasteiger charge is -2.38. The fourth-order valence-corrected chi connectivity index (χ4v) is 3.32. The van der Waals surface area contributed by atoms with Gasteiger partial charge < -0.3 is 10.1 Å². The second-order valence-electron chi connectivity index (χ2n) is 6.19. The average Bonchev–Trinajstić information content (AvgIpc) is 3.08. The van der Waals surface area contributed by atoms with E-state index in [1.165, 1.54) is 38.6 Å². The van der Waals surface area contributed by atoms with Gasteiger partial charge in [0.05, 0.1) is 19.3 Å². The van der Waals surface area contributed by atoms with Crippen molar-refractivity contribution < 1.29 is 9.53 Å². The molecule has 1 amide bonds. The molecular formula is C15H25N5O2. The van der Waals surface area contributed by atoms with E-state index < -0.39 is 0 Å². The highest BCUT2D eigenvalue weighted by molar-refractivity contribution is 5.91. The zero-order valence-corrected chi connectivity index (χ0v) is 13.2. The predicted octanol–water partition coefficient (Wildman–Crippen LogP) is 0.671. The van der Waals surface area contributed by atoms with Gasteiger partial charge in [-0.1, -0.05) is 11.6 Å². The number of aromatic nitrogens is 3. The van der Waals surface area contributed by atoms with Crippen LogP contribution in [0.1, 0.15) is 42.6 Å². The highest BCUT2D eigenvalue weighted by Gasteiger charge is 2.34. The molecule has 1 saturated carbocycles. The number of nitrogens with zero attached hydrogens (tertiary/aromatic N) is 4. The van der Waals surface area contributed by atoms with E-state index >= 15 is 0 Å². The maximum absolute atomic E-state index is 11.9. The third-order valence-electron chi connectivity index (χ3n) is 4.73. The molecule has 7 heteroatoms. The van der Waals surface area contributed by atoms with E-state index in [2.05, 4.69) is 20.5 Å². The lowest BCUT2D eigenvalue weighted by Crippen LogP contribution is -2.44.